The van der Waals surface area contributed by atoms with Crippen molar-refractivity contribution < 1.29 is 15.0 Å². The SMILES string of the molecule is O=C(O)C[C@@H](O)c1cccc2cc[nH]c12. The van der Waals surface area contributed by atoms with E-state index < -0.39 is 12.1 Å². The number of hydrogen-bond acceptors (Lipinski definition) is 2. The van der Waals surface area contributed by atoms with Crippen molar-refractivity contribution in [1.82, 2.24) is 4.98 Å². The van der Waals surface area contributed by atoms with Crippen molar-refractivity contribution in [1.29, 1.82) is 0 Å². The van der Waals surface area contributed by atoms with E-state index in [1.54, 1.807) is 18.3 Å². The first-order valence-electron chi connectivity index (χ1n) is 4.64. The Morgan fingerprint density at radius 1 is 1.40 bits per heavy atom. The van der Waals surface area contributed by atoms with E-state index in [0.717, 1.165) is 10.9 Å². The minimum Gasteiger partial charge on any atom is -0.481 e. The van der Waals surface area contributed by atoms with E-state index in [1.807, 2.05) is 12.1 Å². The first-order valence-corrected chi connectivity index (χ1v) is 4.64. The molecule has 2 aromatic rings. The quantitative estimate of drug-likeness (QED) is 0.713. The lowest BCUT2D eigenvalue weighted by molar-refractivity contribution is -0.139. The molecule has 0 bridgehead atoms. The average molecular weight is 205 g/mol. The van der Waals surface area contributed by atoms with Gasteiger partial charge in [-0.25, -0.2) is 0 Å². The van der Waals surface area contributed by atoms with Crippen molar-refractivity contribution in [2.75, 3.05) is 0 Å². The summed E-state index contributed by atoms with van der Waals surface area (Å²) in [6.45, 7) is 0. The summed E-state index contributed by atoms with van der Waals surface area (Å²) in [7, 11) is 0. The fourth-order valence-electron chi connectivity index (χ4n) is 1.66. The van der Waals surface area contributed by atoms with Crippen LogP contribution < -0.4 is 0 Å². The molecule has 0 saturated heterocycles. The van der Waals surface area contributed by atoms with Gasteiger partial charge in [0, 0.05) is 11.8 Å². The van der Waals surface area contributed by atoms with Crippen molar-refractivity contribution >= 4 is 16.9 Å². The van der Waals surface area contributed by atoms with E-state index in [0.29, 0.717) is 5.56 Å². The summed E-state index contributed by atoms with van der Waals surface area (Å²) in [6, 6.07) is 7.32. The molecule has 78 valence electrons. The Bertz CT molecular complexity index is 489. The Morgan fingerprint density at radius 2 is 2.20 bits per heavy atom. The third kappa shape index (κ3) is 1.85. The van der Waals surface area contributed by atoms with E-state index in [-0.39, 0.29) is 6.42 Å². The normalized spacial score (nSPS) is 12.9. The maximum absolute atomic E-state index is 10.5. The Hall–Kier alpha value is -1.81. The topological polar surface area (TPSA) is 73.3 Å². The summed E-state index contributed by atoms with van der Waals surface area (Å²) >= 11 is 0. The van der Waals surface area contributed by atoms with Crippen LogP contribution in [0.4, 0.5) is 0 Å². The first kappa shape index (κ1) is 9.73. The molecule has 0 radical (unpaired) electrons. The third-order valence-electron chi connectivity index (χ3n) is 2.35. The molecule has 3 N–H and O–H groups in total. The van der Waals surface area contributed by atoms with Crippen LogP contribution >= 0.6 is 0 Å². The highest BCUT2D eigenvalue weighted by molar-refractivity contribution is 5.83. The Kier molecular flexibility index (Phi) is 2.43. The van der Waals surface area contributed by atoms with Crippen molar-refractivity contribution in [3.8, 4) is 0 Å². The molecule has 0 spiro atoms. The molecule has 1 aromatic carbocycles. The second-order valence-corrected chi connectivity index (χ2v) is 3.40. The number of nitrogens with one attached hydrogen (secondary N) is 1. The number of carboxylic acids is 1. The Labute approximate surface area is 86.2 Å². The monoisotopic (exact) mass is 205 g/mol. The molecule has 1 aromatic heterocycles. The lowest BCUT2D eigenvalue weighted by Crippen LogP contribution is -2.05. The van der Waals surface area contributed by atoms with Crippen molar-refractivity contribution in [2.45, 2.75) is 12.5 Å². The number of aliphatic carboxylic acids is 1. The number of para-hydroxylation sites is 1. The summed E-state index contributed by atoms with van der Waals surface area (Å²) < 4.78 is 0. The molecule has 0 saturated carbocycles. The van der Waals surface area contributed by atoms with Crippen LogP contribution in [0.5, 0.6) is 0 Å². The number of benzene rings is 1. The molecule has 1 atom stereocenters. The molecular formula is C11H11NO3. The molecule has 0 fully saturated rings. The predicted octanol–water partition coefficient (Wildman–Crippen LogP) is 1.68. The van der Waals surface area contributed by atoms with Crippen LogP contribution in [0, 0.1) is 0 Å². The lowest BCUT2D eigenvalue weighted by Gasteiger charge is -2.09. The number of rotatable bonds is 3. The number of carbonyl (C=O) groups is 1. The van der Waals surface area contributed by atoms with Gasteiger partial charge in [-0.05, 0) is 11.5 Å². The van der Waals surface area contributed by atoms with E-state index in [2.05, 4.69) is 4.98 Å². The summed E-state index contributed by atoms with van der Waals surface area (Å²) in [5, 5.41) is 19.3. The smallest absolute Gasteiger partial charge is 0.306 e. The summed E-state index contributed by atoms with van der Waals surface area (Å²) in [5.74, 6) is -1.01. The van der Waals surface area contributed by atoms with Crippen molar-refractivity contribution in [2.24, 2.45) is 0 Å². The number of aromatic amines is 1. The maximum atomic E-state index is 10.5. The van der Waals surface area contributed by atoms with E-state index in [4.69, 9.17) is 5.11 Å². The van der Waals surface area contributed by atoms with Gasteiger partial charge in [0.2, 0.25) is 0 Å². The van der Waals surface area contributed by atoms with Crippen molar-refractivity contribution in [3.05, 3.63) is 36.0 Å². The number of H-pyrrole nitrogens is 1. The predicted molar refractivity (Wildman–Crippen MR) is 55.5 cm³/mol. The lowest BCUT2D eigenvalue weighted by atomic mass is 10.0. The van der Waals surface area contributed by atoms with Gasteiger partial charge in [0.1, 0.15) is 0 Å². The van der Waals surface area contributed by atoms with Crippen LogP contribution in [0.2, 0.25) is 0 Å². The van der Waals surface area contributed by atoms with Gasteiger partial charge in [0.05, 0.1) is 18.0 Å². The molecule has 1 heterocycles. The fraction of sp³-hybridized carbons (Fsp3) is 0.182. The number of fused-ring (bicyclic) bond motifs is 1. The van der Waals surface area contributed by atoms with Gasteiger partial charge in [-0.1, -0.05) is 18.2 Å². The molecule has 0 amide bonds. The molecule has 4 nitrogen and oxygen atoms in total. The van der Waals surface area contributed by atoms with Crippen LogP contribution in [0.15, 0.2) is 30.5 Å². The summed E-state index contributed by atoms with van der Waals surface area (Å²) in [5.41, 5.74) is 1.42. The number of hydrogen-bond donors (Lipinski definition) is 3. The van der Waals surface area contributed by atoms with Crippen molar-refractivity contribution in [3.63, 3.8) is 0 Å². The zero-order valence-corrected chi connectivity index (χ0v) is 7.97. The van der Waals surface area contributed by atoms with Crippen LogP contribution in [-0.4, -0.2) is 21.2 Å². The molecule has 0 aliphatic rings. The highest BCUT2D eigenvalue weighted by Gasteiger charge is 2.14. The largest absolute Gasteiger partial charge is 0.481 e. The number of aromatic nitrogens is 1. The van der Waals surface area contributed by atoms with Gasteiger partial charge in [-0.2, -0.15) is 0 Å². The van der Waals surface area contributed by atoms with E-state index in [9.17, 15) is 9.90 Å². The van der Waals surface area contributed by atoms with Gasteiger partial charge in [0.25, 0.3) is 0 Å². The highest BCUT2D eigenvalue weighted by Crippen LogP contribution is 2.24. The highest BCUT2D eigenvalue weighted by atomic mass is 16.4. The average Bonchev–Trinajstić information content (AvgIpc) is 2.63. The van der Waals surface area contributed by atoms with Gasteiger partial charge < -0.3 is 15.2 Å². The number of aliphatic hydroxyl groups is 1. The second-order valence-electron chi connectivity index (χ2n) is 3.40. The van der Waals surface area contributed by atoms with Crippen LogP contribution in [0.25, 0.3) is 10.9 Å². The fourth-order valence-corrected chi connectivity index (χ4v) is 1.66. The van der Waals surface area contributed by atoms with Gasteiger partial charge >= 0.3 is 5.97 Å². The summed E-state index contributed by atoms with van der Waals surface area (Å²) in [6.07, 6.45) is 0.518. The minimum atomic E-state index is -1.01. The molecule has 2 rings (SSSR count). The second kappa shape index (κ2) is 3.74. The Balaban J connectivity index is 2.42. The van der Waals surface area contributed by atoms with Gasteiger partial charge in [0.15, 0.2) is 0 Å². The number of carboxylic acid groups (broad SMARTS) is 1. The van der Waals surface area contributed by atoms with Crippen LogP contribution in [0.3, 0.4) is 0 Å². The van der Waals surface area contributed by atoms with Gasteiger partial charge in [-0.3, -0.25) is 4.79 Å². The zero-order chi connectivity index (χ0) is 10.8. The molecule has 0 unspecified atom stereocenters. The maximum Gasteiger partial charge on any atom is 0.306 e. The molecule has 0 aliphatic heterocycles. The Morgan fingerprint density at radius 3 is 2.93 bits per heavy atom. The van der Waals surface area contributed by atoms with Crippen LogP contribution in [0.1, 0.15) is 18.1 Å². The van der Waals surface area contributed by atoms with Crippen LogP contribution in [-0.2, 0) is 4.79 Å². The first-order chi connectivity index (χ1) is 7.18. The summed E-state index contributed by atoms with van der Waals surface area (Å²) in [4.78, 5) is 13.5. The minimum absolute atomic E-state index is 0.280. The molecule has 0 aliphatic carbocycles. The standard InChI is InChI=1S/C11H11NO3/c13-9(6-10(14)15)8-3-1-2-7-4-5-12-11(7)8/h1-5,9,12-13H,6H2,(H,14,15)/t9-/m1/s1. The molecular weight excluding hydrogens is 194 g/mol. The zero-order valence-electron chi connectivity index (χ0n) is 7.97. The number of aliphatic hydroxyl groups excluding tert-OH is 1. The molecule has 4 heteroatoms. The third-order valence-corrected chi connectivity index (χ3v) is 2.35. The van der Waals surface area contributed by atoms with Gasteiger partial charge in [-0.15, -0.1) is 0 Å². The van der Waals surface area contributed by atoms with E-state index in [1.165, 1.54) is 0 Å². The molecule has 15 heavy (non-hydrogen) atoms. The van der Waals surface area contributed by atoms with E-state index >= 15 is 0 Å².